The normalized spacial score (nSPS) is 11.5. The van der Waals surface area contributed by atoms with E-state index in [2.05, 4.69) is 21.2 Å². The summed E-state index contributed by atoms with van der Waals surface area (Å²) < 4.78 is 5.87. The molecule has 2 aromatic carbocycles. The Kier molecular flexibility index (Phi) is 2.46. The van der Waals surface area contributed by atoms with Gasteiger partial charge in [0.1, 0.15) is 16.8 Å². The predicted octanol–water partition coefficient (Wildman–Crippen LogP) is 4.59. The molecule has 5 rings (SSSR count). The first kappa shape index (κ1) is 12.3. The van der Waals surface area contributed by atoms with Gasteiger partial charge in [-0.2, -0.15) is 0 Å². The zero-order chi connectivity index (χ0) is 15.2. The van der Waals surface area contributed by atoms with E-state index in [1.165, 1.54) is 0 Å². The van der Waals surface area contributed by atoms with Gasteiger partial charge in [-0.05, 0) is 23.6 Å². The number of aromatic nitrogens is 3. The van der Waals surface area contributed by atoms with E-state index in [-0.39, 0.29) is 0 Å². The van der Waals surface area contributed by atoms with Crippen molar-refractivity contribution < 1.29 is 4.42 Å². The Balaban J connectivity index is 1.73. The summed E-state index contributed by atoms with van der Waals surface area (Å²) in [7, 11) is 0. The molecule has 5 aromatic rings. The fraction of sp³-hybridized carbons (Fsp3) is 0. The molecule has 0 aliphatic carbocycles. The molecule has 0 N–H and O–H groups in total. The minimum absolute atomic E-state index is 0.710. The van der Waals surface area contributed by atoms with Crippen LogP contribution in [0.5, 0.6) is 0 Å². The number of para-hydroxylation sites is 1. The van der Waals surface area contributed by atoms with Gasteiger partial charge in [-0.1, -0.05) is 36.4 Å². The van der Waals surface area contributed by atoms with Crippen LogP contribution in [0, 0.1) is 0 Å². The summed E-state index contributed by atoms with van der Waals surface area (Å²) in [5.74, 6) is 0. The number of hydrogen-bond donors (Lipinski definition) is 0. The average Bonchev–Trinajstić information content (AvgIpc) is 2.99. The highest BCUT2D eigenvalue weighted by Gasteiger charge is 2.11. The zero-order valence-corrected chi connectivity index (χ0v) is 12.1. The number of rotatable bonds is 1. The van der Waals surface area contributed by atoms with Crippen molar-refractivity contribution in [1.29, 1.82) is 0 Å². The van der Waals surface area contributed by atoms with Crippen LogP contribution in [0.3, 0.4) is 0 Å². The van der Waals surface area contributed by atoms with Crippen LogP contribution in [0.4, 0.5) is 0 Å². The van der Waals surface area contributed by atoms with E-state index in [4.69, 9.17) is 4.42 Å². The predicted molar refractivity (Wildman–Crippen MR) is 90.0 cm³/mol. The first-order valence-corrected chi connectivity index (χ1v) is 7.39. The third kappa shape index (κ3) is 1.89. The van der Waals surface area contributed by atoms with Crippen molar-refractivity contribution in [3.05, 3.63) is 66.9 Å². The third-order valence-corrected chi connectivity index (χ3v) is 4.01. The molecule has 0 unspecified atom stereocenters. The van der Waals surface area contributed by atoms with Gasteiger partial charge in [-0.15, -0.1) is 10.2 Å². The Morgan fingerprint density at radius 3 is 2.48 bits per heavy atom. The van der Waals surface area contributed by atoms with E-state index in [1.807, 2.05) is 60.8 Å². The van der Waals surface area contributed by atoms with Gasteiger partial charge in [0.15, 0.2) is 5.58 Å². The molecule has 0 saturated heterocycles. The summed E-state index contributed by atoms with van der Waals surface area (Å²) in [5, 5.41) is 11.9. The largest absolute Gasteiger partial charge is 0.454 e. The number of hydrogen-bond acceptors (Lipinski definition) is 4. The maximum atomic E-state index is 5.87. The molecule has 0 bridgehead atoms. The van der Waals surface area contributed by atoms with Crippen LogP contribution in [0.15, 0.2) is 71.3 Å². The standard InChI is InChI=1S/C19H11N3O/c1-2-6-13-11-20-15(9-12(13)5-1)16-10-18-19(22-21-16)14-7-3-4-8-17(14)23-18/h1-11H. The molecule has 4 heteroatoms. The lowest BCUT2D eigenvalue weighted by atomic mass is 10.1. The molecule has 0 aliphatic rings. The maximum absolute atomic E-state index is 5.87. The molecule has 0 saturated carbocycles. The van der Waals surface area contributed by atoms with Gasteiger partial charge in [-0.25, -0.2) is 0 Å². The molecule has 0 fully saturated rings. The second kappa shape index (κ2) is 4.61. The summed E-state index contributed by atoms with van der Waals surface area (Å²) in [6, 6.07) is 19.9. The van der Waals surface area contributed by atoms with E-state index in [0.29, 0.717) is 5.69 Å². The quantitative estimate of drug-likeness (QED) is 0.454. The van der Waals surface area contributed by atoms with Crippen molar-refractivity contribution in [2.75, 3.05) is 0 Å². The van der Waals surface area contributed by atoms with Gasteiger partial charge in [0.05, 0.1) is 5.69 Å². The van der Waals surface area contributed by atoms with Gasteiger partial charge in [-0.3, -0.25) is 4.98 Å². The minimum Gasteiger partial charge on any atom is -0.454 e. The van der Waals surface area contributed by atoms with Crippen molar-refractivity contribution in [1.82, 2.24) is 15.2 Å². The van der Waals surface area contributed by atoms with Crippen LogP contribution >= 0.6 is 0 Å². The molecule has 108 valence electrons. The van der Waals surface area contributed by atoms with Crippen molar-refractivity contribution in [3.63, 3.8) is 0 Å². The first-order valence-electron chi connectivity index (χ1n) is 7.39. The molecule has 23 heavy (non-hydrogen) atoms. The van der Waals surface area contributed by atoms with E-state index >= 15 is 0 Å². The van der Waals surface area contributed by atoms with Crippen LogP contribution in [-0.2, 0) is 0 Å². The first-order chi connectivity index (χ1) is 11.4. The Hall–Kier alpha value is -3.27. The summed E-state index contributed by atoms with van der Waals surface area (Å²) in [6.07, 6.45) is 1.86. The molecule has 0 amide bonds. The van der Waals surface area contributed by atoms with Crippen LogP contribution in [0.1, 0.15) is 0 Å². The monoisotopic (exact) mass is 297 g/mol. The third-order valence-electron chi connectivity index (χ3n) is 4.01. The van der Waals surface area contributed by atoms with Gasteiger partial charge >= 0.3 is 0 Å². The van der Waals surface area contributed by atoms with Crippen LogP contribution < -0.4 is 0 Å². The van der Waals surface area contributed by atoms with Gasteiger partial charge in [0, 0.05) is 23.0 Å². The molecule has 3 heterocycles. The Bertz CT molecular complexity index is 1180. The van der Waals surface area contributed by atoms with E-state index in [9.17, 15) is 0 Å². The summed E-state index contributed by atoms with van der Waals surface area (Å²) in [6.45, 7) is 0. The number of pyridine rings is 1. The summed E-state index contributed by atoms with van der Waals surface area (Å²) >= 11 is 0. The molecular weight excluding hydrogens is 286 g/mol. The van der Waals surface area contributed by atoms with Crippen molar-refractivity contribution in [2.24, 2.45) is 0 Å². The Labute approximate surface area is 131 Å². The smallest absolute Gasteiger partial charge is 0.158 e. The molecular formula is C19H11N3O. The van der Waals surface area contributed by atoms with E-state index in [0.717, 1.165) is 38.5 Å². The minimum atomic E-state index is 0.710. The molecule has 0 atom stereocenters. The van der Waals surface area contributed by atoms with E-state index in [1.54, 1.807) is 0 Å². The van der Waals surface area contributed by atoms with E-state index < -0.39 is 0 Å². The van der Waals surface area contributed by atoms with Gasteiger partial charge in [0.25, 0.3) is 0 Å². The summed E-state index contributed by atoms with van der Waals surface area (Å²) in [5.41, 5.74) is 3.83. The number of benzene rings is 2. The highest BCUT2D eigenvalue weighted by molar-refractivity contribution is 6.02. The van der Waals surface area contributed by atoms with Gasteiger partial charge in [0.2, 0.25) is 0 Å². The highest BCUT2D eigenvalue weighted by atomic mass is 16.3. The van der Waals surface area contributed by atoms with Gasteiger partial charge < -0.3 is 4.42 Å². The number of nitrogens with zero attached hydrogens (tertiary/aromatic N) is 3. The summed E-state index contributed by atoms with van der Waals surface area (Å²) in [4.78, 5) is 4.49. The second-order valence-electron chi connectivity index (χ2n) is 5.46. The molecule has 0 aliphatic heterocycles. The lowest BCUT2D eigenvalue weighted by Gasteiger charge is -2.01. The van der Waals surface area contributed by atoms with Crippen LogP contribution in [0.2, 0.25) is 0 Å². The highest BCUT2D eigenvalue weighted by Crippen LogP contribution is 2.29. The van der Waals surface area contributed by atoms with Crippen molar-refractivity contribution in [3.8, 4) is 11.4 Å². The molecule has 0 spiro atoms. The number of furan rings is 1. The topological polar surface area (TPSA) is 51.8 Å². The Morgan fingerprint density at radius 1 is 0.696 bits per heavy atom. The van der Waals surface area contributed by atoms with Crippen LogP contribution in [-0.4, -0.2) is 15.2 Å². The fourth-order valence-corrected chi connectivity index (χ4v) is 2.86. The Morgan fingerprint density at radius 2 is 1.52 bits per heavy atom. The second-order valence-corrected chi connectivity index (χ2v) is 5.46. The molecule has 0 radical (unpaired) electrons. The SMILES string of the molecule is c1ccc2cc(-c3cc4oc5ccccc5c4nn3)ncc2c1. The van der Waals surface area contributed by atoms with Crippen molar-refractivity contribution >= 4 is 32.8 Å². The lowest BCUT2D eigenvalue weighted by Crippen LogP contribution is -1.90. The molecule has 4 nitrogen and oxygen atoms in total. The maximum Gasteiger partial charge on any atom is 0.158 e. The fourth-order valence-electron chi connectivity index (χ4n) is 2.86. The average molecular weight is 297 g/mol. The van der Waals surface area contributed by atoms with Crippen molar-refractivity contribution in [2.45, 2.75) is 0 Å². The lowest BCUT2D eigenvalue weighted by molar-refractivity contribution is 0.667. The molecule has 3 aromatic heterocycles. The van der Waals surface area contributed by atoms with Crippen LogP contribution in [0.25, 0.3) is 44.2 Å². The zero-order valence-electron chi connectivity index (χ0n) is 12.1. The number of fused-ring (bicyclic) bond motifs is 4.